The Morgan fingerprint density at radius 2 is 1.88 bits per heavy atom. The smallest absolute Gasteiger partial charge is 0.406 e. The van der Waals surface area contributed by atoms with Gasteiger partial charge in [0.15, 0.2) is 0 Å². The lowest BCUT2D eigenvalue weighted by Gasteiger charge is -2.22. The second-order valence-corrected chi connectivity index (χ2v) is 10.8. The molecule has 7 nitrogen and oxygen atoms in total. The third kappa shape index (κ3) is 7.72. The molecule has 2 heterocycles. The van der Waals surface area contributed by atoms with Crippen molar-refractivity contribution in [2.45, 2.75) is 63.3 Å². The fourth-order valence-electron chi connectivity index (χ4n) is 4.74. The van der Waals surface area contributed by atoms with Gasteiger partial charge in [-0.2, -0.15) is 13.2 Å². The number of rotatable bonds is 14. The molecule has 0 saturated carbocycles. The molecule has 2 aromatic heterocycles. The minimum Gasteiger partial charge on any atom is -0.417 e. The van der Waals surface area contributed by atoms with Gasteiger partial charge >= 0.3 is 6.18 Å². The summed E-state index contributed by atoms with van der Waals surface area (Å²) in [5.74, 6) is 0.336. The van der Waals surface area contributed by atoms with Gasteiger partial charge in [-0.1, -0.05) is 26.0 Å². The standard InChI is InChI=1S/C29H37F3N6OS/c1-5-14-37(3)15-13-20(6-2)34-24-11-8-12-25-23(24)17-26(38(25)19-29(30,31)32)28-36-35-27(39-28)18-33-21-9-7-10-22(16-21)40-4/h7-12,16-17,20,33-34H,5-6,13-15,18-19H2,1-4H3. The van der Waals surface area contributed by atoms with E-state index in [9.17, 15) is 13.2 Å². The number of fused-ring (bicyclic) bond motifs is 1. The fourth-order valence-corrected chi connectivity index (χ4v) is 5.20. The Hall–Kier alpha value is -3.18. The lowest BCUT2D eigenvalue weighted by atomic mass is 10.1. The van der Waals surface area contributed by atoms with Crippen LogP contribution in [0.5, 0.6) is 0 Å². The summed E-state index contributed by atoms with van der Waals surface area (Å²) in [6.07, 6.45) is 0.492. The Bertz CT molecular complexity index is 1390. The van der Waals surface area contributed by atoms with E-state index in [1.54, 1.807) is 30.0 Å². The highest BCUT2D eigenvalue weighted by molar-refractivity contribution is 7.98. The largest absolute Gasteiger partial charge is 0.417 e. The summed E-state index contributed by atoms with van der Waals surface area (Å²) in [6.45, 7) is 5.33. The van der Waals surface area contributed by atoms with Crippen molar-refractivity contribution < 1.29 is 17.6 Å². The number of hydrogen-bond acceptors (Lipinski definition) is 7. The molecule has 1 unspecified atom stereocenters. The molecule has 0 spiro atoms. The van der Waals surface area contributed by atoms with E-state index in [0.717, 1.165) is 48.6 Å². The summed E-state index contributed by atoms with van der Waals surface area (Å²) >= 11 is 1.63. The zero-order valence-corrected chi connectivity index (χ0v) is 24.2. The van der Waals surface area contributed by atoms with Crippen LogP contribution >= 0.6 is 11.8 Å². The molecule has 0 aliphatic carbocycles. The lowest BCUT2D eigenvalue weighted by Crippen LogP contribution is -2.27. The first-order valence-electron chi connectivity index (χ1n) is 13.6. The molecule has 0 fully saturated rings. The highest BCUT2D eigenvalue weighted by Crippen LogP contribution is 2.35. The van der Waals surface area contributed by atoms with Gasteiger partial charge in [0.25, 0.3) is 5.89 Å². The predicted molar refractivity (Wildman–Crippen MR) is 157 cm³/mol. The zero-order chi connectivity index (χ0) is 28.7. The molecule has 0 amide bonds. The van der Waals surface area contributed by atoms with Gasteiger partial charge in [-0.25, -0.2) is 0 Å². The van der Waals surface area contributed by atoms with Crippen LogP contribution in [0.25, 0.3) is 22.5 Å². The van der Waals surface area contributed by atoms with Crippen LogP contribution in [0.4, 0.5) is 24.5 Å². The minimum atomic E-state index is -4.42. The van der Waals surface area contributed by atoms with Crippen molar-refractivity contribution in [3.63, 3.8) is 0 Å². The van der Waals surface area contributed by atoms with Crippen molar-refractivity contribution in [3.05, 3.63) is 54.4 Å². The van der Waals surface area contributed by atoms with Crippen LogP contribution < -0.4 is 10.6 Å². The van der Waals surface area contributed by atoms with E-state index in [2.05, 4.69) is 46.6 Å². The highest BCUT2D eigenvalue weighted by Gasteiger charge is 2.31. The predicted octanol–water partition coefficient (Wildman–Crippen LogP) is 7.51. The van der Waals surface area contributed by atoms with Crippen LogP contribution in [0.2, 0.25) is 0 Å². The molecule has 4 aromatic rings. The molecule has 0 radical (unpaired) electrons. The van der Waals surface area contributed by atoms with Crippen LogP contribution in [0, 0.1) is 0 Å². The number of thioether (sulfide) groups is 1. The Morgan fingerprint density at radius 1 is 1.07 bits per heavy atom. The number of anilines is 2. The summed E-state index contributed by atoms with van der Waals surface area (Å²) in [5, 5.41) is 15.7. The van der Waals surface area contributed by atoms with Crippen LogP contribution in [-0.2, 0) is 13.1 Å². The number of benzene rings is 2. The van der Waals surface area contributed by atoms with Crippen LogP contribution in [0.3, 0.4) is 0 Å². The van der Waals surface area contributed by atoms with Gasteiger partial charge in [0.2, 0.25) is 5.89 Å². The number of nitrogens with zero attached hydrogens (tertiary/aromatic N) is 4. The van der Waals surface area contributed by atoms with Gasteiger partial charge in [0.1, 0.15) is 12.2 Å². The van der Waals surface area contributed by atoms with Crippen molar-refractivity contribution in [2.24, 2.45) is 0 Å². The first kappa shape index (κ1) is 29.8. The SMILES string of the molecule is CCCN(C)CCC(CC)Nc1cccc2c1cc(-c1nnc(CNc3cccc(SC)c3)o1)n2CC(F)(F)F. The first-order chi connectivity index (χ1) is 19.2. The van der Waals surface area contributed by atoms with Crippen molar-refractivity contribution in [1.29, 1.82) is 0 Å². The van der Waals surface area contributed by atoms with Gasteiger partial charge in [0.05, 0.1) is 12.1 Å². The molecule has 4 rings (SSSR count). The molecule has 2 aromatic carbocycles. The minimum absolute atomic E-state index is 0.0503. The molecule has 40 heavy (non-hydrogen) atoms. The van der Waals surface area contributed by atoms with E-state index >= 15 is 0 Å². The maximum Gasteiger partial charge on any atom is 0.406 e. The van der Waals surface area contributed by atoms with Gasteiger partial charge in [-0.15, -0.1) is 22.0 Å². The van der Waals surface area contributed by atoms with E-state index < -0.39 is 12.7 Å². The quantitative estimate of drug-likeness (QED) is 0.151. The lowest BCUT2D eigenvalue weighted by molar-refractivity contribution is -0.139. The molecule has 1 atom stereocenters. The second-order valence-electron chi connectivity index (χ2n) is 9.90. The number of hydrogen-bond donors (Lipinski definition) is 2. The van der Waals surface area contributed by atoms with Crippen molar-refractivity contribution in [1.82, 2.24) is 19.7 Å². The average molecular weight is 575 g/mol. The molecule has 11 heteroatoms. The number of nitrogens with one attached hydrogen (secondary N) is 2. The molecular formula is C29H37F3N6OS. The monoisotopic (exact) mass is 574 g/mol. The Labute approximate surface area is 237 Å². The molecule has 216 valence electrons. The van der Waals surface area contributed by atoms with Gasteiger partial charge in [-0.05, 0) is 82.1 Å². The normalized spacial score (nSPS) is 12.8. The zero-order valence-electron chi connectivity index (χ0n) is 23.4. The van der Waals surface area contributed by atoms with Crippen LogP contribution in [0.1, 0.15) is 39.0 Å². The Balaban J connectivity index is 1.61. The molecule has 0 bridgehead atoms. The van der Waals surface area contributed by atoms with Crippen molar-refractivity contribution in [3.8, 4) is 11.6 Å². The van der Waals surface area contributed by atoms with Crippen LogP contribution in [0.15, 0.2) is 57.8 Å². The average Bonchev–Trinajstić information content (AvgIpc) is 3.54. The van der Waals surface area contributed by atoms with E-state index in [4.69, 9.17) is 4.42 Å². The van der Waals surface area contributed by atoms with Crippen molar-refractivity contribution in [2.75, 3.05) is 37.0 Å². The van der Waals surface area contributed by atoms with Gasteiger partial charge in [0, 0.05) is 27.7 Å². The Kier molecular flexibility index (Phi) is 10.0. The molecule has 0 saturated heterocycles. The summed E-state index contributed by atoms with van der Waals surface area (Å²) < 4.78 is 48.2. The molecule has 0 aliphatic rings. The summed E-state index contributed by atoms with van der Waals surface area (Å²) in [7, 11) is 2.11. The third-order valence-electron chi connectivity index (χ3n) is 6.80. The van der Waals surface area contributed by atoms with E-state index in [0.29, 0.717) is 10.9 Å². The van der Waals surface area contributed by atoms with E-state index in [1.165, 1.54) is 4.57 Å². The van der Waals surface area contributed by atoms with Gasteiger partial charge < -0.3 is 24.5 Å². The topological polar surface area (TPSA) is 71.2 Å². The molecular weight excluding hydrogens is 537 g/mol. The molecule has 0 aliphatic heterocycles. The number of aromatic nitrogens is 3. The second kappa shape index (κ2) is 13.5. The Morgan fingerprint density at radius 3 is 2.60 bits per heavy atom. The first-order valence-corrected chi connectivity index (χ1v) is 14.8. The fraction of sp³-hybridized carbons (Fsp3) is 0.448. The van der Waals surface area contributed by atoms with Crippen molar-refractivity contribution >= 4 is 34.0 Å². The maximum atomic E-state index is 13.7. The maximum absolute atomic E-state index is 13.7. The van der Waals surface area contributed by atoms with Crippen LogP contribution in [-0.4, -0.2) is 58.3 Å². The summed E-state index contributed by atoms with van der Waals surface area (Å²) in [6, 6.07) is 15.2. The van der Waals surface area contributed by atoms with E-state index in [1.807, 2.05) is 36.6 Å². The number of alkyl halides is 3. The highest BCUT2D eigenvalue weighted by atomic mass is 32.2. The summed E-state index contributed by atoms with van der Waals surface area (Å²) in [4.78, 5) is 3.40. The number of halogens is 3. The van der Waals surface area contributed by atoms with Gasteiger partial charge in [-0.3, -0.25) is 0 Å². The third-order valence-corrected chi connectivity index (χ3v) is 7.52. The summed E-state index contributed by atoms with van der Waals surface area (Å²) in [5.41, 5.74) is 2.38. The van der Waals surface area contributed by atoms with E-state index in [-0.39, 0.29) is 30.1 Å². The molecule has 2 N–H and O–H groups in total.